The molecule has 1 aliphatic heterocycles. The zero-order valence-electron chi connectivity index (χ0n) is 23.6. The van der Waals surface area contributed by atoms with Gasteiger partial charge in [-0.15, -0.1) is 0 Å². The molecule has 1 heterocycles. The van der Waals surface area contributed by atoms with Gasteiger partial charge in [-0.25, -0.2) is 0 Å². The summed E-state index contributed by atoms with van der Waals surface area (Å²) in [4.78, 5) is 31.1. The minimum Gasteiger partial charge on any atom is -0.397 e. The van der Waals surface area contributed by atoms with Gasteiger partial charge in [0.15, 0.2) is 0 Å². The number of hydrogen-bond acceptors (Lipinski definition) is 5. The van der Waals surface area contributed by atoms with Gasteiger partial charge >= 0.3 is 0 Å². The van der Waals surface area contributed by atoms with Gasteiger partial charge in [0.2, 0.25) is 5.91 Å². The third kappa shape index (κ3) is 7.20. The zero-order valence-corrected chi connectivity index (χ0v) is 23.6. The summed E-state index contributed by atoms with van der Waals surface area (Å²) >= 11 is 0. The summed E-state index contributed by atoms with van der Waals surface area (Å²) in [5.41, 5.74) is 12.7. The van der Waals surface area contributed by atoms with Crippen molar-refractivity contribution in [2.75, 3.05) is 49.6 Å². The van der Waals surface area contributed by atoms with Crippen molar-refractivity contribution in [2.45, 2.75) is 19.4 Å². The molecule has 0 aliphatic carbocycles. The van der Waals surface area contributed by atoms with Crippen LogP contribution < -0.4 is 16.4 Å². The van der Waals surface area contributed by atoms with E-state index in [1.54, 1.807) is 18.2 Å². The predicted octanol–water partition coefficient (Wildman–Crippen LogP) is 5.29. The minimum absolute atomic E-state index is 0.0194. The third-order valence-corrected chi connectivity index (χ3v) is 7.65. The average molecular weight is 548 g/mol. The second kappa shape index (κ2) is 12.8. The first-order valence-electron chi connectivity index (χ1n) is 14.0. The van der Waals surface area contributed by atoms with Crippen LogP contribution >= 0.6 is 0 Å². The molecule has 210 valence electrons. The van der Waals surface area contributed by atoms with Crippen molar-refractivity contribution in [2.24, 2.45) is 0 Å². The summed E-state index contributed by atoms with van der Waals surface area (Å²) in [7, 11) is 2.11. The summed E-state index contributed by atoms with van der Waals surface area (Å²) in [5, 5.41) is 6.07. The van der Waals surface area contributed by atoms with Crippen LogP contribution in [0.2, 0.25) is 0 Å². The van der Waals surface area contributed by atoms with E-state index < -0.39 is 0 Å². The second-order valence-corrected chi connectivity index (χ2v) is 10.7. The smallest absolute Gasteiger partial charge is 0.255 e. The Morgan fingerprint density at radius 3 is 2.17 bits per heavy atom. The first-order valence-corrected chi connectivity index (χ1v) is 14.0. The molecule has 41 heavy (non-hydrogen) atoms. The maximum absolute atomic E-state index is 13.5. The number of nitrogens with zero attached hydrogens (tertiary/aromatic N) is 2. The molecular formula is C34H37N5O2. The normalized spacial score (nSPS) is 14.8. The lowest BCUT2D eigenvalue weighted by atomic mass is 10.0. The lowest BCUT2D eigenvalue weighted by Gasteiger charge is -2.37. The monoisotopic (exact) mass is 547 g/mol. The average Bonchev–Trinajstić information content (AvgIpc) is 2.99. The van der Waals surface area contributed by atoms with Gasteiger partial charge in [-0.1, -0.05) is 66.2 Å². The number of aryl methyl sites for hydroxylation is 1. The minimum atomic E-state index is -0.315. The predicted molar refractivity (Wildman–Crippen MR) is 167 cm³/mol. The summed E-state index contributed by atoms with van der Waals surface area (Å²) in [6, 6.07) is 30.6. The van der Waals surface area contributed by atoms with E-state index in [2.05, 4.69) is 27.5 Å². The van der Waals surface area contributed by atoms with Gasteiger partial charge in [-0.05, 0) is 73.5 Å². The second-order valence-electron chi connectivity index (χ2n) is 10.7. The number of benzene rings is 4. The van der Waals surface area contributed by atoms with Crippen LogP contribution in [0.25, 0.3) is 11.1 Å². The maximum atomic E-state index is 13.5. The highest BCUT2D eigenvalue weighted by Crippen LogP contribution is 2.27. The lowest BCUT2D eigenvalue weighted by Crippen LogP contribution is -2.53. The Hall–Kier alpha value is -4.46. The van der Waals surface area contributed by atoms with Crippen molar-refractivity contribution < 1.29 is 9.59 Å². The number of anilines is 3. The number of hydrogen-bond donors (Lipinski definition) is 3. The van der Waals surface area contributed by atoms with Crippen LogP contribution in [-0.4, -0.2) is 60.9 Å². The Morgan fingerprint density at radius 1 is 0.805 bits per heavy atom. The molecule has 1 atom stereocenters. The first kappa shape index (κ1) is 28.1. The van der Waals surface area contributed by atoms with Crippen molar-refractivity contribution in [1.82, 2.24) is 9.80 Å². The number of nitrogen functional groups attached to an aromatic ring is 1. The van der Waals surface area contributed by atoms with Gasteiger partial charge in [0, 0.05) is 37.4 Å². The number of likely N-dealkylation sites (N-methyl/N-ethyl adjacent to an activating group) is 1. The molecule has 1 unspecified atom stereocenters. The number of rotatable bonds is 8. The van der Waals surface area contributed by atoms with Gasteiger partial charge < -0.3 is 21.3 Å². The van der Waals surface area contributed by atoms with Crippen LogP contribution in [-0.2, 0) is 11.2 Å². The first-order chi connectivity index (χ1) is 19.9. The SMILES string of the molecule is Cc1ccc(NC(=O)C(Cc2ccc(C(=O)Nc3cc(-c4ccccc4)ccc3N)cc2)N2CCN(C)CC2)cc1. The summed E-state index contributed by atoms with van der Waals surface area (Å²) in [6.45, 7) is 5.52. The van der Waals surface area contributed by atoms with Crippen LogP contribution in [0.3, 0.4) is 0 Å². The highest BCUT2D eigenvalue weighted by Gasteiger charge is 2.29. The van der Waals surface area contributed by atoms with E-state index in [0.29, 0.717) is 23.4 Å². The molecule has 1 saturated heterocycles. The van der Waals surface area contributed by atoms with Crippen molar-refractivity contribution in [3.63, 3.8) is 0 Å². The Morgan fingerprint density at radius 2 is 1.49 bits per heavy atom. The van der Waals surface area contributed by atoms with Crippen molar-refractivity contribution >= 4 is 28.9 Å². The standard InChI is InChI=1S/C34H37N5O2/c1-24-8-15-29(16-9-24)36-34(41)32(39-20-18-38(2)19-21-39)22-25-10-12-27(13-11-25)33(40)37-31-23-28(14-17-30(31)35)26-6-4-3-5-7-26/h3-17,23,32H,18-22,35H2,1-2H3,(H,36,41)(H,37,40). The Labute approximate surface area is 242 Å². The number of nitrogens with two attached hydrogens (primary N) is 1. The molecule has 4 N–H and O–H groups in total. The van der Waals surface area contributed by atoms with E-state index in [-0.39, 0.29) is 17.9 Å². The number of nitrogens with one attached hydrogen (secondary N) is 2. The van der Waals surface area contributed by atoms with E-state index >= 15 is 0 Å². The Balaban J connectivity index is 1.29. The fourth-order valence-electron chi connectivity index (χ4n) is 5.07. The fourth-order valence-corrected chi connectivity index (χ4v) is 5.07. The van der Waals surface area contributed by atoms with Crippen LogP contribution in [0.15, 0.2) is 97.1 Å². The molecular weight excluding hydrogens is 510 g/mol. The fraction of sp³-hybridized carbons (Fsp3) is 0.235. The van der Waals surface area contributed by atoms with Gasteiger partial charge in [-0.2, -0.15) is 0 Å². The molecule has 0 saturated carbocycles. The molecule has 7 heteroatoms. The molecule has 5 rings (SSSR count). The number of amides is 2. The topological polar surface area (TPSA) is 90.7 Å². The quantitative estimate of drug-likeness (QED) is 0.261. The number of carbonyl (C=O) groups is 2. The van der Waals surface area contributed by atoms with Gasteiger partial charge in [-0.3, -0.25) is 14.5 Å². The largest absolute Gasteiger partial charge is 0.397 e. The molecule has 4 aromatic carbocycles. The molecule has 2 amide bonds. The van der Waals surface area contributed by atoms with Crippen molar-refractivity contribution in [1.29, 1.82) is 0 Å². The van der Waals surface area contributed by atoms with E-state index in [1.165, 1.54) is 0 Å². The highest BCUT2D eigenvalue weighted by molar-refractivity contribution is 6.06. The van der Waals surface area contributed by atoms with E-state index in [4.69, 9.17) is 5.73 Å². The molecule has 0 bridgehead atoms. The Kier molecular flexibility index (Phi) is 8.77. The summed E-state index contributed by atoms with van der Waals surface area (Å²) in [5.74, 6) is -0.254. The molecule has 1 fully saturated rings. The molecule has 1 aliphatic rings. The highest BCUT2D eigenvalue weighted by atomic mass is 16.2. The van der Waals surface area contributed by atoms with Crippen molar-refractivity contribution in [3.8, 4) is 11.1 Å². The third-order valence-electron chi connectivity index (χ3n) is 7.65. The Bertz CT molecular complexity index is 1480. The van der Waals surface area contributed by atoms with Crippen LogP contribution in [0.4, 0.5) is 17.1 Å². The van der Waals surface area contributed by atoms with Gasteiger partial charge in [0.05, 0.1) is 17.4 Å². The summed E-state index contributed by atoms with van der Waals surface area (Å²) < 4.78 is 0. The molecule has 0 radical (unpaired) electrons. The molecule has 0 spiro atoms. The zero-order chi connectivity index (χ0) is 28.8. The lowest BCUT2D eigenvalue weighted by molar-refractivity contribution is -0.122. The van der Waals surface area contributed by atoms with E-state index in [0.717, 1.165) is 54.1 Å². The van der Waals surface area contributed by atoms with Crippen LogP contribution in [0.5, 0.6) is 0 Å². The number of carbonyl (C=O) groups excluding carboxylic acids is 2. The van der Waals surface area contributed by atoms with Crippen molar-refractivity contribution in [3.05, 3.63) is 114 Å². The van der Waals surface area contributed by atoms with Crippen LogP contribution in [0, 0.1) is 6.92 Å². The van der Waals surface area contributed by atoms with E-state index in [9.17, 15) is 9.59 Å². The van der Waals surface area contributed by atoms with Gasteiger partial charge in [0.25, 0.3) is 5.91 Å². The van der Waals surface area contributed by atoms with Crippen LogP contribution in [0.1, 0.15) is 21.5 Å². The van der Waals surface area contributed by atoms with Gasteiger partial charge in [0.1, 0.15) is 0 Å². The maximum Gasteiger partial charge on any atom is 0.255 e. The van der Waals surface area contributed by atoms with E-state index in [1.807, 2.05) is 85.8 Å². The number of piperazine rings is 1. The molecule has 4 aromatic rings. The molecule has 0 aromatic heterocycles. The molecule has 7 nitrogen and oxygen atoms in total. The summed E-state index contributed by atoms with van der Waals surface area (Å²) in [6.07, 6.45) is 0.551.